The monoisotopic (exact) mass is 464 g/mol. The summed E-state index contributed by atoms with van der Waals surface area (Å²) >= 11 is 3.22. The number of aliphatic imine (C=N–C) groups is 1. The predicted octanol–water partition coefficient (Wildman–Crippen LogP) is 3.10. The summed E-state index contributed by atoms with van der Waals surface area (Å²) in [5.41, 5.74) is 0. The molecule has 0 atom stereocenters. The highest BCUT2D eigenvalue weighted by Gasteiger charge is 2.15. The lowest BCUT2D eigenvalue weighted by Crippen LogP contribution is -2.27. The number of nitrogens with zero attached hydrogens (tertiary/aromatic N) is 1. The van der Waals surface area contributed by atoms with Crippen LogP contribution in [0, 0.1) is 0 Å². The third-order valence-electron chi connectivity index (χ3n) is 4.14. The van der Waals surface area contributed by atoms with Crippen LogP contribution < -0.4 is 10.1 Å². The number of hydrogen-bond acceptors (Lipinski definition) is 8. The van der Waals surface area contributed by atoms with E-state index in [4.69, 9.17) is 18.9 Å². The van der Waals surface area contributed by atoms with Crippen LogP contribution >= 0.6 is 23.1 Å². The minimum atomic E-state index is -0.0758. The van der Waals surface area contributed by atoms with Crippen molar-refractivity contribution in [1.82, 2.24) is 5.32 Å². The van der Waals surface area contributed by atoms with E-state index in [1.54, 1.807) is 11.8 Å². The van der Waals surface area contributed by atoms with Crippen LogP contribution in [0.1, 0.15) is 14.5 Å². The maximum atomic E-state index is 12.2. The van der Waals surface area contributed by atoms with E-state index in [9.17, 15) is 4.79 Å². The van der Waals surface area contributed by atoms with Gasteiger partial charge in [-0.25, -0.2) is 0 Å². The van der Waals surface area contributed by atoms with Crippen molar-refractivity contribution in [2.45, 2.75) is 0 Å². The molecular formula is C22H28N2O5S2. The van der Waals surface area contributed by atoms with Crippen molar-refractivity contribution >= 4 is 34.0 Å². The van der Waals surface area contributed by atoms with E-state index in [0.717, 1.165) is 28.0 Å². The molecule has 7 nitrogen and oxygen atoms in total. The molecule has 1 aliphatic rings. The van der Waals surface area contributed by atoms with E-state index in [1.165, 1.54) is 11.3 Å². The van der Waals surface area contributed by atoms with Gasteiger partial charge in [0, 0.05) is 18.8 Å². The fraction of sp³-hybridized carbons (Fsp3) is 0.455. The molecule has 2 aromatic rings. The number of benzene rings is 1. The Balaban J connectivity index is 1.11. The molecule has 1 amide bonds. The van der Waals surface area contributed by atoms with E-state index < -0.39 is 0 Å². The van der Waals surface area contributed by atoms with E-state index in [1.807, 2.05) is 42.5 Å². The van der Waals surface area contributed by atoms with Crippen LogP contribution in [0.4, 0.5) is 0 Å². The van der Waals surface area contributed by atoms with Crippen molar-refractivity contribution in [1.29, 1.82) is 0 Å². The lowest BCUT2D eigenvalue weighted by Gasteiger charge is -2.08. The molecule has 168 valence electrons. The zero-order valence-electron chi connectivity index (χ0n) is 17.4. The minimum absolute atomic E-state index is 0.0758. The van der Waals surface area contributed by atoms with Gasteiger partial charge in [-0.05, 0) is 24.3 Å². The highest BCUT2D eigenvalue weighted by molar-refractivity contribution is 8.15. The Labute approximate surface area is 191 Å². The molecule has 0 saturated heterocycles. The summed E-state index contributed by atoms with van der Waals surface area (Å²) in [6.45, 7) is 4.80. The standard InChI is InChI=1S/C22H28N2O5S2/c25-21(19-6-7-20(31-19)22-24-9-17-30-22)23-8-10-26-11-12-27-13-14-28-15-16-29-18-4-2-1-3-5-18/h1-7H,8-17H2,(H,23,25). The molecule has 0 bridgehead atoms. The Hall–Kier alpha value is -1.91. The zero-order chi connectivity index (χ0) is 21.6. The first-order valence-corrected chi connectivity index (χ1v) is 12.1. The molecular weight excluding hydrogens is 436 g/mol. The first-order chi connectivity index (χ1) is 15.3. The van der Waals surface area contributed by atoms with Crippen molar-refractivity contribution < 1.29 is 23.7 Å². The van der Waals surface area contributed by atoms with Gasteiger partial charge in [-0.1, -0.05) is 18.2 Å². The summed E-state index contributed by atoms with van der Waals surface area (Å²) in [5.74, 6) is 1.79. The number of rotatable bonds is 15. The van der Waals surface area contributed by atoms with Gasteiger partial charge in [-0.3, -0.25) is 9.79 Å². The number of thioether (sulfide) groups is 1. The summed E-state index contributed by atoms with van der Waals surface area (Å²) in [6.07, 6.45) is 0. The molecule has 2 heterocycles. The topological polar surface area (TPSA) is 78.4 Å². The van der Waals surface area contributed by atoms with E-state index in [-0.39, 0.29) is 5.91 Å². The fourth-order valence-electron chi connectivity index (χ4n) is 2.66. The molecule has 0 saturated carbocycles. The van der Waals surface area contributed by atoms with Crippen LogP contribution in [0.5, 0.6) is 5.75 Å². The number of carbonyl (C=O) groups is 1. The molecule has 1 aromatic carbocycles. The van der Waals surface area contributed by atoms with E-state index in [2.05, 4.69) is 10.3 Å². The van der Waals surface area contributed by atoms with Crippen molar-refractivity contribution in [3.05, 3.63) is 52.2 Å². The Morgan fingerprint density at radius 2 is 1.61 bits per heavy atom. The van der Waals surface area contributed by atoms with E-state index in [0.29, 0.717) is 57.7 Å². The van der Waals surface area contributed by atoms with Crippen LogP contribution in [0.2, 0.25) is 0 Å². The van der Waals surface area contributed by atoms with Gasteiger partial charge >= 0.3 is 0 Å². The van der Waals surface area contributed by atoms with Crippen LogP contribution in [0.3, 0.4) is 0 Å². The number of hydrogen-bond donors (Lipinski definition) is 1. The number of thiophene rings is 1. The number of carbonyl (C=O) groups excluding carboxylic acids is 1. The van der Waals surface area contributed by atoms with Crippen LogP contribution in [0.25, 0.3) is 0 Å². The largest absolute Gasteiger partial charge is 0.491 e. The first kappa shape index (κ1) is 23.7. The van der Waals surface area contributed by atoms with Crippen LogP contribution in [0.15, 0.2) is 47.5 Å². The second-order valence-electron chi connectivity index (χ2n) is 6.45. The molecule has 0 spiro atoms. The quantitative estimate of drug-likeness (QED) is 0.408. The molecule has 0 fully saturated rings. The molecule has 0 radical (unpaired) electrons. The van der Waals surface area contributed by atoms with Crippen molar-refractivity contribution in [2.75, 3.05) is 65.1 Å². The van der Waals surface area contributed by atoms with E-state index >= 15 is 0 Å². The summed E-state index contributed by atoms with van der Waals surface area (Å²) in [5, 5.41) is 3.91. The Kier molecular flexibility index (Phi) is 10.9. The fourth-order valence-corrected chi connectivity index (χ4v) is 4.56. The van der Waals surface area contributed by atoms with Gasteiger partial charge in [0.1, 0.15) is 17.4 Å². The highest BCUT2D eigenvalue weighted by Crippen LogP contribution is 2.25. The Morgan fingerprint density at radius 1 is 0.903 bits per heavy atom. The van der Waals surface area contributed by atoms with Gasteiger partial charge < -0.3 is 24.3 Å². The summed E-state index contributed by atoms with van der Waals surface area (Å²) in [7, 11) is 0. The number of nitrogens with one attached hydrogen (secondary N) is 1. The average molecular weight is 465 g/mol. The second-order valence-corrected chi connectivity index (χ2v) is 8.62. The minimum Gasteiger partial charge on any atom is -0.491 e. The third-order valence-corrected chi connectivity index (χ3v) is 6.37. The van der Waals surface area contributed by atoms with Gasteiger partial charge in [0.2, 0.25) is 0 Å². The predicted molar refractivity (Wildman–Crippen MR) is 125 cm³/mol. The lowest BCUT2D eigenvalue weighted by molar-refractivity contribution is 0.00988. The smallest absolute Gasteiger partial charge is 0.261 e. The molecule has 0 unspecified atom stereocenters. The van der Waals surface area contributed by atoms with Crippen molar-refractivity contribution in [3.63, 3.8) is 0 Å². The molecule has 31 heavy (non-hydrogen) atoms. The maximum absolute atomic E-state index is 12.2. The highest BCUT2D eigenvalue weighted by atomic mass is 32.2. The molecule has 1 N–H and O–H groups in total. The summed E-state index contributed by atoms with van der Waals surface area (Å²) < 4.78 is 21.9. The van der Waals surface area contributed by atoms with Crippen molar-refractivity contribution in [2.24, 2.45) is 4.99 Å². The first-order valence-electron chi connectivity index (χ1n) is 10.3. The van der Waals surface area contributed by atoms with Crippen LogP contribution in [-0.2, 0) is 14.2 Å². The van der Waals surface area contributed by atoms with Gasteiger partial charge in [-0.2, -0.15) is 0 Å². The normalized spacial score (nSPS) is 13.2. The molecule has 1 aromatic heterocycles. The molecule has 1 aliphatic heterocycles. The van der Waals surface area contributed by atoms with Gasteiger partial charge in [0.25, 0.3) is 5.91 Å². The zero-order valence-corrected chi connectivity index (χ0v) is 19.1. The Morgan fingerprint density at radius 3 is 2.32 bits per heavy atom. The molecule has 3 rings (SSSR count). The average Bonchev–Trinajstić information content (AvgIpc) is 3.49. The Bertz CT molecular complexity index is 813. The molecule has 9 heteroatoms. The SMILES string of the molecule is O=C(NCCOCCOCCOCCOc1ccccc1)c1ccc(C2=NCCS2)s1. The lowest BCUT2D eigenvalue weighted by atomic mass is 10.3. The van der Waals surface area contributed by atoms with Crippen molar-refractivity contribution in [3.8, 4) is 5.75 Å². The summed E-state index contributed by atoms with van der Waals surface area (Å²) in [4.78, 5) is 18.4. The van der Waals surface area contributed by atoms with Crippen LogP contribution in [-0.4, -0.2) is 76.0 Å². The van der Waals surface area contributed by atoms with Gasteiger partial charge in [0.15, 0.2) is 0 Å². The van der Waals surface area contributed by atoms with Gasteiger partial charge in [0.05, 0.1) is 49.4 Å². The number of amides is 1. The summed E-state index contributed by atoms with van der Waals surface area (Å²) in [6, 6.07) is 13.5. The maximum Gasteiger partial charge on any atom is 0.261 e. The molecule has 0 aliphatic carbocycles. The third kappa shape index (κ3) is 9.00. The second kappa shape index (κ2) is 14.2. The van der Waals surface area contributed by atoms with Gasteiger partial charge in [-0.15, -0.1) is 23.1 Å². The number of ether oxygens (including phenoxy) is 4. The number of para-hydroxylation sites is 1.